The molecule has 1 N–H and O–H groups in total. The summed E-state index contributed by atoms with van der Waals surface area (Å²) in [5.41, 5.74) is 3.13. The molecule has 0 saturated carbocycles. The number of carbonyl (C=O) groups is 1. The molecule has 3 aromatic rings. The van der Waals surface area contributed by atoms with Crippen molar-refractivity contribution in [3.63, 3.8) is 0 Å². The van der Waals surface area contributed by atoms with Crippen molar-refractivity contribution in [2.24, 2.45) is 0 Å². The van der Waals surface area contributed by atoms with Gasteiger partial charge in [0.05, 0.1) is 12.3 Å². The minimum atomic E-state index is 0.0874. The highest BCUT2D eigenvalue weighted by Gasteiger charge is 2.09. The van der Waals surface area contributed by atoms with Crippen molar-refractivity contribution >= 4 is 17.2 Å². The van der Waals surface area contributed by atoms with Crippen molar-refractivity contribution in [1.29, 1.82) is 0 Å². The Morgan fingerprint density at radius 2 is 2.04 bits per heavy atom. The molecule has 0 aliphatic carbocycles. The number of benzene rings is 1. The highest BCUT2D eigenvalue weighted by molar-refractivity contribution is 7.10. The Kier molecular flexibility index (Phi) is 7.25. The minimum absolute atomic E-state index is 0.0874. The molecular weight excluding hydrogens is 372 g/mol. The lowest BCUT2D eigenvalue weighted by molar-refractivity contribution is -0.121. The number of rotatable bonds is 10. The molecule has 0 bridgehead atoms. The van der Waals surface area contributed by atoms with Gasteiger partial charge in [-0.3, -0.25) is 4.79 Å². The first-order chi connectivity index (χ1) is 13.7. The summed E-state index contributed by atoms with van der Waals surface area (Å²) in [4.78, 5) is 13.3. The van der Waals surface area contributed by atoms with Gasteiger partial charge in [-0.15, -0.1) is 11.3 Å². The molecule has 2 aromatic heterocycles. The normalized spacial score (nSPS) is 10.8. The topological polar surface area (TPSA) is 64.4 Å². The number of thiophene rings is 1. The molecule has 0 atom stereocenters. The predicted octanol–water partition coefficient (Wildman–Crippen LogP) is 4.79. The number of hydrogen-bond donors (Lipinski definition) is 1. The zero-order valence-corrected chi connectivity index (χ0v) is 17.2. The Bertz CT molecular complexity index is 883. The first kappa shape index (κ1) is 20.1. The molecule has 0 fully saturated rings. The van der Waals surface area contributed by atoms with E-state index in [-0.39, 0.29) is 5.91 Å². The zero-order valence-electron chi connectivity index (χ0n) is 16.4. The first-order valence-corrected chi connectivity index (χ1v) is 10.5. The Balaban J connectivity index is 1.39. The molecule has 148 valence electrons. The van der Waals surface area contributed by atoms with Crippen molar-refractivity contribution < 1.29 is 14.1 Å². The summed E-state index contributed by atoms with van der Waals surface area (Å²) in [6, 6.07) is 11.8. The monoisotopic (exact) mass is 398 g/mol. The van der Waals surface area contributed by atoms with Crippen molar-refractivity contribution in [1.82, 2.24) is 10.5 Å². The van der Waals surface area contributed by atoms with E-state index in [2.05, 4.69) is 28.8 Å². The van der Waals surface area contributed by atoms with E-state index < -0.39 is 0 Å². The van der Waals surface area contributed by atoms with Gasteiger partial charge in [-0.25, -0.2) is 0 Å². The molecule has 5 nitrogen and oxygen atoms in total. The molecule has 0 saturated heterocycles. The molecule has 0 unspecified atom stereocenters. The molecule has 0 spiro atoms. The fourth-order valence-electron chi connectivity index (χ4n) is 2.94. The van der Waals surface area contributed by atoms with Crippen molar-refractivity contribution in [3.05, 3.63) is 57.9 Å². The Hall–Kier alpha value is -2.60. The van der Waals surface area contributed by atoms with Crippen LogP contribution in [0, 0.1) is 6.92 Å². The van der Waals surface area contributed by atoms with Crippen molar-refractivity contribution in [2.75, 3.05) is 13.2 Å². The average molecular weight is 399 g/mol. The van der Waals surface area contributed by atoms with Crippen LogP contribution in [0.3, 0.4) is 0 Å². The third kappa shape index (κ3) is 5.70. The number of nitrogens with one attached hydrogen (secondary N) is 1. The number of ether oxygens (including phenoxy) is 1. The molecule has 6 heteroatoms. The van der Waals surface area contributed by atoms with Crippen LogP contribution in [0.5, 0.6) is 5.75 Å². The second kappa shape index (κ2) is 10.1. The van der Waals surface area contributed by atoms with Gasteiger partial charge in [0.1, 0.15) is 5.75 Å². The molecule has 1 aromatic carbocycles. The quantitative estimate of drug-likeness (QED) is 0.533. The van der Waals surface area contributed by atoms with Gasteiger partial charge in [0.2, 0.25) is 5.91 Å². The second-order valence-electron chi connectivity index (χ2n) is 6.62. The maximum atomic E-state index is 12.0. The lowest BCUT2D eigenvalue weighted by Gasteiger charge is -2.04. The molecule has 1 amide bonds. The van der Waals surface area contributed by atoms with Gasteiger partial charge < -0.3 is 14.6 Å². The highest BCUT2D eigenvalue weighted by atomic mass is 32.1. The number of nitrogens with zero attached hydrogens (tertiary/aromatic N) is 1. The van der Waals surface area contributed by atoms with Gasteiger partial charge in [0, 0.05) is 29.5 Å². The fourth-order valence-corrected chi connectivity index (χ4v) is 3.85. The van der Waals surface area contributed by atoms with Gasteiger partial charge in [0.25, 0.3) is 0 Å². The van der Waals surface area contributed by atoms with Crippen LogP contribution >= 0.6 is 11.3 Å². The molecular formula is C22H26N2O3S. The predicted molar refractivity (Wildman–Crippen MR) is 112 cm³/mol. The maximum absolute atomic E-state index is 12.0. The Morgan fingerprint density at radius 3 is 2.75 bits per heavy atom. The minimum Gasteiger partial charge on any atom is -0.494 e. The van der Waals surface area contributed by atoms with Gasteiger partial charge in [-0.05, 0) is 74.4 Å². The van der Waals surface area contributed by atoms with Crippen LogP contribution in [-0.4, -0.2) is 24.2 Å². The summed E-state index contributed by atoms with van der Waals surface area (Å²) < 4.78 is 10.9. The van der Waals surface area contributed by atoms with Gasteiger partial charge in [0.15, 0.2) is 5.76 Å². The maximum Gasteiger partial charge on any atom is 0.220 e. The summed E-state index contributed by atoms with van der Waals surface area (Å²) in [5, 5.41) is 9.20. The van der Waals surface area contributed by atoms with Crippen LogP contribution in [0.1, 0.15) is 35.9 Å². The van der Waals surface area contributed by atoms with E-state index >= 15 is 0 Å². The molecule has 0 aliphatic heterocycles. The number of aryl methyl sites for hydroxylation is 2. The lowest BCUT2D eigenvalue weighted by atomic mass is 10.1. The molecule has 0 radical (unpaired) electrons. The summed E-state index contributed by atoms with van der Waals surface area (Å²) in [7, 11) is 0. The molecule has 28 heavy (non-hydrogen) atoms. The van der Waals surface area contributed by atoms with E-state index in [9.17, 15) is 4.79 Å². The smallest absolute Gasteiger partial charge is 0.220 e. The third-order valence-electron chi connectivity index (χ3n) is 4.49. The average Bonchev–Trinajstić information content (AvgIpc) is 3.32. The molecule has 2 heterocycles. The molecule has 3 rings (SSSR count). The fraction of sp³-hybridized carbons (Fsp3) is 0.364. The Labute approximate surface area is 169 Å². The van der Waals surface area contributed by atoms with E-state index in [0.29, 0.717) is 19.6 Å². The SMILES string of the molecule is CCOc1ccc(-c2cc(CCCC(=O)NCCc3sccc3C)no2)cc1. The number of aromatic nitrogens is 1. The van der Waals surface area contributed by atoms with Gasteiger partial charge in [-0.2, -0.15) is 0 Å². The number of carbonyl (C=O) groups excluding carboxylic acids is 1. The number of amides is 1. The van der Waals surface area contributed by atoms with Crippen LogP contribution in [0.2, 0.25) is 0 Å². The van der Waals surface area contributed by atoms with Gasteiger partial charge >= 0.3 is 0 Å². The van der Waals surface area contributed by atoms with E-state index in [1.54, 1.807) is 11.3 Å². The van der Waals surface area contributed by atoms with Crippen LogP contribution in [0.4, 0.5) is 0 Å². The van der Waals surface area contributed by atoms with Crippen LogP contribution in [0.15, 0.2) is 46.3 Å². The van der Waals surface area contributed by atoms with E-state index in [4.69, 9.17) is 9.26 Å². The summed E-state index contributed by atoms with van der Waals surface area (Å²) >= 11 is 1.74. The van der Waals surface area contributed by atoms with Gasteiger partial charge in [-0.1, -0.05) is 5.16 Å². The van der Waals surface area contributed by atoms with Crippen molar-refractivity contribution in [3.8, 4) is 17.1 Å². The van der Waals surface area contributed by atoms with Crippen LogP contribution in [-0.2, 0) is 17.6 Å². The lowest BCUT2D eigenvalue weighted by Crippen LogP contribution is -2.25. The van der Waals surface area contributed by atoms with E-state index in [0.717, 1.165) is 42.0 Å². The summed E-state index contributed by atoms with van der Waals surface area (Å²) in [6.45, 7) is 5.40. The van der Waals surface area contributed by atoms with E-state index in [1.807, 2.05) is 37.3 Å². The summed E-state index contributed by atoms with van der Waals surface area (Å²) in [6.07, 6.45) is 2.86. The first-order valence-electron chi connectivity index (χ1n) is 9.64. The van der Waals surface area contributed by atoms with Crippen LogP contribution in [0.25, 0.3) is 11.3 Å². The highest BCUT2D eigenvalue weighted by Crippen LogP contribution is 2.23. The standard InChI is InChI=1S/C22H26N2O3S/c1-3-26-19-9-7-17(8-10-19)20-15-18(24-27-20)5-4-6-22(25)23-13-11-21-16(2)12-14-28-21/h7-10,12,14-15H,3-6,11,13H2,1-2H3,(H,23,25). The largest absolute Gasteiger partial charge is 0.494 e. The second-order valence-corrected chi connectivity index (χ2v) is 7.62. The number of hydrogen-bond acceptors (Lipinski definition) is 5. The Morgan fingerprint density at radius 1 is 1.21 bits per heavy atom. The van der Waals surface area contributed by atoms with Crippen LogP contribution < -0.4 is 10.1 Å². The summed E-state index contributed by atoms with van der Waals surface area (Å²) in [5.74, 6) is 1.66. The zero-order chi connectivity index (χ0) is 19.8. The van der Waals surface area contributed by atoms with Crippen molar-refractivity contribution in [2.45, 2.75) is 39.5 Å². The molecule has 0 aliphatic rings. The third-order valence-corrected chi connectivity index (χ3v) is 5.57. The van der Waals surface area contributed by atoms with E-state index in [1.165, 1.54) is 10.4 Å².